The van der Waals surface area contributed by atoms with Crippen molar-refractivity contribution in [1.82, 2.24) is 9.88 Å². The van der Waals surface area contributed by atoms with E-state index in [0.29, 0.717) is 17.0 Å². The molecule has 0 spiro atoms. The molecule has 0 radical (unpaired) electrons. The van der Waals surface area contributed by atoms with Gasteiger partial charge >= 0.3 is 4.87 Å². The van der Waals surface area contributed by atoms with Crippen molar-refractivity contribution in [3.05, 3.63) is 86.2 Å². The minimum atomic E-state index is -0.379. The number of benzene rings is 2. The van der Waals surface area contributed by atoms with Crippen LogP contribution in [0.25, 0.3) is 0 Å². The number of ether oxygens (including phenoxy) is 1. The van der Waals surface area contributed by atoms with Crippen LogP contribution in [0.4, 0.5) is 4.39 Å². The van der Waals surface area contributed by atoms with Crippen LogP contribution < -0.4 is 14.9 Å². The Morgan fingerprint density at radius 3 is 2.62 bits per heavy atom. The summed E-state index contributed by atoms with van der Waals surface area (Å²) in [7, 11) is 1.59. The van der Waals surface area contributed by atoms with Gasteiger partial charge in [0.1, 0.15) is 16.4 Å². The van der Waals surface area contributed by atoms with Gasteiger partial charge in [0.15, 0.2) is 0 Å². The van der Waals surface area contributed by atoms with Gasteiger partial charge in [-0.1, -0.05) is 41.7 Å². The van der Waals surface area contributed by atoms with Crippen molar-refractivity contribution in [1.29, 1.82) is 0 Å². The molecule has 0 aliphatic carbocycles. The molecular weight excluding hydrogens is 355 g/mol. The van der Waals surface area contributed by atoms with Crippen molar-refractivity contribution in [2.45, 2.75) is 13.1 Å². The Hall–Kier alpha value is -2.93. The lowest BCUT2D eigenvalue weighted by atomic mass is 10.2. The molecule has 26 heavy (non-hydrogen) atoms. The molecule has 0 aliphatic rings. The van der Waals surface area contributed by atoms with Gasteiger partial charge in [0.05, 0.1) is 13.7 Å². The molecule has 0 saturated carbocycles. The first-order valence-corrected chi connectivity index (χ1v) is 8.73. The maximum absolute atomic E-state index is 13.7. The predicted octanol–water partition coefficient (Wildman–Crippen LogP) is 3.04. The summed E-state index contributed by atoms with van der Waals surface area (Å²) in [5.74, 6) is 0.0230. The number of hydrogen-bond donors (Lipinski definition) is 1. The van der Waals surface area contributed by atoms with E-state index in [-0.39, 0.29) is 23.1 Å². The van der Waals surface area contributed by atoms with E-state index in [4.69, 9.17) is 4.74 Å². The summed E-state index contributed by atoms with van der Waals surface area (Å²) < 4.78 is 20.2. The van der Waals surface area contributed by atoms with Crippen molar-refractivity contribution >= 4 is 17.2 Å². The molecule has 0 atom stereocenters. The molecule has 3 aromatic rings. The molecule has 0 fully saturated rings. The molecule has 1 amide bonds. The van der Waals surface area contributed by atoms with Gasteiger partial charge in [-0.3, -0.25) is 9.59 Å². The monoisotopic (exact) mass is 372 g/mol. The summed E-state index contributed by atoms with van der Waals surface area (Å²) in [5.41, 5.74) is 1.31. The Morgan fingerprint density at radius 1 is 1.19 bits per heavy atom. The fourth-order valence-corrected chi connectivity index (χ4v) is 3.18. The van der Waals surface area contributed by atoms with Crippen LogP contribution in [0.2, 0.25) is 0 Å². The highest BCUT2D eigenvalue weighted by atomic mass is 32.1. The number of thiazole rings is 1. The Bertz CT molecular complexity index is 963. The number of nitrogens with zero attached hydrogens (tertiary/aromatic N) is 1. The molecule has 1 aromatic heterocycles. The molecule has 7 heteroatoms. The minimum absolute atomic E-state index is 0.0910. The second kappa shape index (κ2) is 7.97. The molecular formula is C19H17FN2O3S. The molecule has 0 unspecified atom stereocenters. The fourth-order valence-electron chi connectivity index (χ4n) is 2.41. The zero-order chi connectivity index (χ0) is 18.5. The van der Waals surface area contributed by atoms with Crippen LogP contribution in [-0.2, 0) is 13.1 Å². The van der Waals surface area contributed by atoms with Gasteiger partial charge in [-0.15, -0.1) is 0 Å². The summed E-state index contributed by atoms with van der Waals surface area (Å²) in [6, 6.07) is 13.6. The standard InChI is InChI=1S/C19H17FN2O3S/c1-25-15-8-6-13(7-9-15)10-21-18(23)17-12-22(19(24)26-17)11-14-4-2-3-5-16(14)20/h2-9,12H,10-11H2,1H3,(H,21,23). The largest absolute Gasteiger partial charge is 0.497 e. The van der Waals surface area contributed by atoms with Crippen molar-refractivity contribution in [3.63, 3.8) is 0 Å². The van der Waals surface area contributed by atoms with Crippen molar-refractivity contribution in [3.8, 4) is 5.75 Å². The molecule has 1 heterocycles. The lowest BCUT2D eigenvalue weighted by Gasteiger charge is -2.05. The van der Waals surface area contributed by atoms with Gasteiger partial charge in [0.2, 0.25) is 0 Å². The van der Waals surface area contributed by atoms with E-state index in [1.165, 1.54) is 16.8 Å². The lowest BCUT2D eigenvalue weighted by molar-refractivity contribution is 0.0954. The molecule has 1 N–H and O–H groups in total. The highest BCUT2D eigenvalue weighted by molar-refractivity contribution is 7.11. The number of hydrogen-bond acceptors (Lipinski definition) is 4. The summed E-state index contributed by atoms with van der Waals surface area (Å²) in [4.78, 5) is 24.3. The van der Waals surface area contributed by atoms with Crippen LogP contribution in [0, 0.1) is 5.82 Å². The maximum Gasteiger partial charge on any atom is 0.308 e. The van der Waals surface area contributed by atoms with Crippen molar-refractivity contribution in [2.24, 2.45) is 0 Å². The van der Waals surface area contributed by atoms with Gasteiger partial charge in [-0.05, 0) is 23.8 Å². The predicted molar refractivity (Wildman–Crippen MR) is 98.2 cm³/mol. The van der Waals surface area contributed by atoms with Crippen LogP contribution in [0.15, 0.2) is 59.5 Å². The quantitative estimate of drug-likeness (QED) is 0.724. The SMILES string of the molecule is COc1ccc(CNC(=O)c2cn(Cc3ccccc3F)c(=O)s2)cc1. The highest BCUT2D eigenvalue weighted by Gasteiger charge is 2.13. The van der Waals surface area contributed by atoms with E-state index < -0.39 is 0 Å². The van der Waals surface area contributed by atoms with Crippen LogP contribution in [0.3, 0.4) is 0 Å². The average Bonchev–Trinajstić information content (AvgIpc) is 3.02. The van der Waals surface area contributed by atoms with E-state index >= 15 is 0 Å². The Morgan fingerprint density at radius 2 is 1.92 bits per heavy atom. The van der Waals surface area contributed by atoms with E-state index in [1.807, 2.05) is 24.3 Å². The van der Waals surface area contributed by atoms with Gasteiger partial charge < -0.3 is 14.6 Å². The zero-order valence-corrected chi connectivity index (χ0v) is 14.9. The first kappa shape index (κ1) is 17.9. The molecule has 134 valence electrons. The molecule has 3 rings (SSSR count). The minimum Gasteiger partial charge on any atom is -0.497 e. The Balaban J connectivity index is 1.66. The third kappa shape index (κ3) is 4.18. The topological polar surface area (TPSA) is 60.3 Å². The van der Waals surface area contributed by atoms with Crippen LogP contribution in [0.1, 0.15) is 20.8 Å². The van der Waals surface area contributed by atoms with Crippen molar-refractivity contribution in [2.75, 3.05) is 7.11 Å². The van der Waals surface area contributed by atoms with E-state index in [2.05, 4.69) is 5.32 Å². The number of halogens is 1. The summed E-state index contributed by atoms with van der Waals surface area (Å²) >= 11 is 0.842. The maximum atomic E-state index is 13.7. The van der Waals surface area contributed by atoms with Gasteiger partial charge in [-0.2, -0.15) is 0 Å². The fraction of sp³-hybridized carbons (Fsp3) is 0.158. The van der Waals surface area contributed by atoms with Crippen LogP contribution in [0.5, 0.6) is 5.75 Å². The van der Waals surface area contributed by atoms with Gasteiger partial charge in [-0.25, -0.2) is 4.39 Å². The van der Waals surface area contributed by atoms with Crippen LogP contribution in [-0.4, -0.2) is 17.6 Å². The number of methoxy groups -OCH3 is 1. The molecule has 0 saturated heterocycles. The van der Waals surface area contributed by atoms with Gasteiger partial charge in [0.25, 0.3) is 5.91 Å². The van der Waals surface area contributed by atoms with Crippen molar-refractivity contribution < 1.29 is 13.9 Å². The number of aromatic nitrogens is 1. The highest BCUT2D eigenvalue weighted by Crippen LogP contribution is 2.12. The first-order valence-electron chi connectivity index (χ1n) is 7.91. The Labute approximate surface area is 153 Å². The zero-order valence-electron chi connectivity index (χ0n) is 14.1. The number of rotatable bonds is 6. The average molecular weight is 372 g/mol. The molecule has 0 bridgehead atoms. The molecule has 5 nitrogen and oxygen atoms in total. The number of amides is 1. The number of nitrogens with one attached hydrogen (secondary N) is 1. The summed E-state index contributed by atoms with van der Waals surface area (Å²) in [5, 5.41) is 2.77. The smallest absolute Gasteiger partial charge is 0.308 e. The first-order chi connectivity index (χ1) is 12.6. The summed E-state index contributed by atoms with van der Waals surface area (Å²) in [6.07, 6.45) is 1.46. The Kier molecular flexibility index (Phi) is 5.48. The third-order valence-electron chi connectivity index (χ3n) is 3.84. The summed E-state index contributed by atoms with van der Waals surface area (Å²) in [6.45, 7) is 0.427. The van der Waals surface area contributed by atoms with Gasteiger partial charge in [0, 0.05) is 18.3 Å². The molecule has 2 aromatic carbocycles. The van der Waals surface area contributed by atoms with E-state index in [1.54, 1.807) is 25.3 Å². The lowest BCUT2D eigenvalue weighted by Crippen LogP contribution is -2.21. The van der Waals surface area contributed by atoms with Crippen LogP contribution >= 0.6 is 11.3 Å². The molecule has 0 aliphatic heterocycles. The second-order valence-electron chi connectivity index (χ2n) is 5.61. The second-order valence-corrected chi connectivity index (χ2v) is 6.60. The van der Waals surface area contributed by atoms with E-state index in [9.17, 15) is 14.0 Å². The number of carbonyl (C=O) groups excluding carboxylic acids is 1. The normalized spacial score (nSPS) is 10.5. The number of carbonyl (C=O) groups is 1. The third-order valence-corrected chi connectivity index (χ3v) is 4.76. The van der Waals surface area contributed by atoms with E-state index in [0.717, 1.165) is 22.6 Å².